The van der Waals surface area contributed by atoms with Crippen LogP contribution >= 0.6 is 0 Å². The van der Waals surface area contributed by atoms with Crippen molar-refractivity contribution in [3.05, 3.63) is 58.4 Å². The second-order valence-electron chi connectivity index (χ2n) is 7.92. The smallest absolute Gasteiger partial charge is 0.253 e. The lowest BCUT2D eigenvalue weighted by atomic mass is 9.99. The molecule has 2 aliphatic rings. The number of carbonyl (C=O) groups is 1. The van der Waals surface area contributed by atoms with Crippen LogP contribution in [0.4, 0.5) is 0 Å². The van der Waals surface area contributed by atoms with Crippen molar-refractivity contribution < 1.29 is 14.3 Å². The Morgan fingerprint density at radius 3 is 2.83 bits per heavy atom. The van der Waals surface area contributed by atoms with Crippen LogP contribution in [0.15, 0.2) is 30.5 Å². The number of hydrogen-bond acceptors (Lipinski definition) is 5. The molecule has 1 amide bonds. The van der Waals surface area contributed by atoms with Crippen LogP contribution in [0.1, 0.15) is 27.9 Å². The van der Waals surface area contributed by atoms with Crippen molar-refractivity contribution in [3.8, 4) is 5.75 Å². The van der Waals surface area contributed by atoms with E-state index in [0.717, 1.165) is 42.1 Å². The van der Waals surface area contributed by atoms with Crippen molar-refractivity contribution in [1.29, 1.82) is 0 Å². The summed E-state index contributed by atoms with van der Waals surface area (Å²) in [7, 11) is 1.69. The van der Waals surface area contributed by atoms with Gasteiger partial charge in [0.05, 0.1) is 19.4 Å². The van der Waals surface area contributed by atoms with E-state index in [2.05, 4.69) is 28.1 Å². The van der Waals surface area contributed by atoms with Crippen LogP contribution in [-0.2, 0) is 29.0 Å². The average molecular weight is 396 g/mol. The Balaban J connectivity index is 1.42. The summed E-state index contributed by atoms with van der Waals surface area (Å²) >= 11 is 0. The summed E-state index contributed by atoms with van der Waals surface area (Å²) in [5.41, 5.74) is 5.68. The minimum absolute atomic E-state index is 0.0929. The highest BCUT2D eigenvalue weighted by Gasteiger charge is 2.32. The van der Waals surface area contributed by atoms with Crippen LogP contribution in [0.3, 0.4) is 0 Å². The van der Waals surface area contributed by atoms with Crippen LogP contribution in [-0.4, -0.2) is 60.1 Å². The highest BCUT2D eigenvalue weighted by molar-refractivity contribution is 5.81. The Kier molecular flexibility index (Phi) is 5.83. The van der Waals surface area contributed by atoms with Crippen molar-refractivity contribution in [1.82, 2.24) is 14.8 Å². The fourth-order valence-electron chi connectivity index (χ4n) is 4.33. The lowest BCUT2D eigenvalue weighted by Gasteiger charge is -2.36. The number of amides is 1. The van der Waals surface area contributed by atoms with Gasteiger partial charge in [0.2, 0.25) is 0 Å². The lowest BCUT2D eigenvalue weighted by Crippen LogP contribution is -2.51. The zero-order valence-corrected chi connectivity index (χ0v) is 17.5. The molecule has 1 aromatic carbocycles. The van der Waals surface area contributed by atoms with Crippen LogP contribution in [0.5, 0.6) is 5.75 Å². The Morgan fingerprint density at radius 2 is 2.03 bits per heavy atom. The molecule has 2 aliphatic heterocycles. The molecule has 4 rings (SSSR count). The molecule has 154 valence electrons. The number of hydrogen-bond donors (Lipinski definition) is 0. The summed E-state index contributed by atoms with van der Waals surface area (Å²) in [5.74, 6) is 0.984. The number of carbonyl (C=O) groups excluding carboxylic acids is 1. The molecule has 3 heterocycles. The van der Waals surface area contributed by atoms with E-state index < -0.39 is 6.10 Å². The average Bonchev–Trinajstić information content (AvgIpc) is 2.75. The van der Waals surface area contributed by atoms with Crippen LogP contribution in [0, 0.1) is 13.8 Å². The minimum atomic E-state index is -0.415. The summed E-state index contributed by atoms with van der Waals surface area (Å²) < 4.78 is 11.4. The SMILES string of the molecule is COc1c(C)cnc(CN2CCOC(C(=O)N3CCc4ccccc4C3)C2)c1C. The summed E-state index contributed by atoms with van der Waals surface area (Å²) in [6.07, 6.45) is 2.35. The van der Waals surface area contributed by atoms with Gasteiger partial charge in [-0.05, 0) is 31.4 Å². The molecule has 1 fully saturated rings. The van der Waals surface area contributed by atoms with Gasteiger partial charge >= 0.3 is 0 Å². The van der Waals surface area contributed by atoms with E-state index in [1.54, 1.807) is 7.11 Å². The quantitative estimate of drug-likeness (QED) is 0.796. The summed E-state index contributed by atoms with van der Waals surface area (Å²) in [4.78, 5) is 21.9. The van der Waals surface area contributed by atoms with Crippen molar-refractivity contribution in [2.24, 2.45) is 0 Å². The third-order valence-corrected chi connectivity index (χ3v) is 5.99. The third kappa shape index (κ3) is 4.14. The van der Waals surface area contributed by atoms with Gasteiger partial charge in [-0.1, -0.05) is 24.3 Å². The third-order valence-electron chi connectivity index (χ3n) is 5.99. The van der Waals surface area contributed by atoms with Gasteiger partial charge in [-0.3, -0.25) is 14.7 Å². The van der Waals surface area contributed by atoms with E-state index in [1.165, 1.54) is 11.1 Å². The first kappa shape index (κ1) is 19.9. The van der Waals surface area contributed by atoms with Crippen molar-refractivity contribution in [3.63, 3.8) is 0 Å². The summed E-state index contributed by atoms with van der Waals surface area (Å²) in [5, 5.41) is 0. The van der Waals surface area contributed by atoms with Crippen molar-refractivity contribution in [2.75, 3.05) is 33.4 Å². The molecule has 29 heavy (non-hydrogen) atoms. The lowest BCUT2D eigenvalue weighted by molar-refractivity contribution is -0.150. The van der Waals surface area contributed by atoms with Crippen LogP contribution < -0.4 is 4.74 Å². The van der Waals surface area contributed by atoms with Gasteiger partial charge < -0.3 is 14.4 Å². The highest BCUT2D eigenvalue weighted by atomic mass is 16.5. The van der Waals surface area contributed by atoms with Gasteiger partial charge in [-0.15, -0.1) is 0 Å². The number of ether oxygens (including phenoxy) is 2. The van der Waals surface area contributed by atoms with Gasteiger partial charge in [-0.2, -0.15) is 0 Å². The molecule has 1 saturated heterocycles. The number of methoxy groups -OCH3 is 1. The molecule has 2 aromatic rings. The maximum atomic E-state index is 13.1. The largest absolute Gasteiger partial charge is 0.496 e. The van der Waals surface area contributed by atoms with E-state index in [0.29, 0.717) is 26.2 Å². The summed E-state index contributed by atoms with van der Waals surface area (Å²) in [6.45, 7) is 8.11. The zero-order chi connectivity index (χ0) is 20.4. The molecule has 1 unspecified atom stereocenters. The Labute approximate surface area is 172 Å². The normalized spacial score (nSPS) is 19.7. The molecule has 0 saturated carbocycles. The maximum Gasteiger partial charge on any atom is 0.253 e. The van der Waals surface area contributed by atoms with E-state index in [1.807, 2.05) is 31.0 Å². The van der Waals surface area contributed by atoms with Gasteiger partial charge in [0.15, 0.2) is 0 Å². The first-order chi connectivity index (χ1) is 14.1. The predicted molar refractivity (Wildman–Crippen MR) is 111 cm³/mol. The number of nitrogens with zero attached hydrogens (tertiary/aromatic N) is 3. The number of rotatable bonds is 4. The van der Waals surface area contributed by atoms with E-state index >= 15 is 0 Å². The van der Waals surface area contributed by atoms with Gasteiger partial charge in [0.25, 0.3) is 5.91 Å². The second kappa shape index (κ2) is 8.51. The molecule has 1 atom stereocenters. The topological polar surface area (TPSA) is 54.9 Å². The van der Waals surface area contributed by atoms with Gasteiger partial charge in [-0.25, -0.2) is 0 Å². The zero-order valence-electron chi connectivity index (χ0n) is 17.5. The van der Waals surface area contributed by atoms with E-state index in [9.17, 15) is 4.79 Å². The number of benzene rings is 1. The minimum Gasteiger partial charge on any atom is -0.496 e. The van der Waals surface area contributed by atoms with E-state index in [-0.39, 0.29) is 5.91 Å². The number of pyridine rings is 1. The molecule has 0 radical (unpaired) electrons. The molecular weight excluding hydrogens is 366 g/mol. The fraction of sp³-hybridized carbons (Fsp3) is 0.478. The Hall–Kier alpha value is -2.44. The molecule has 0 N–H and O–H groups in total. The van der Waals surface area contributed by atoms with Crippen LogP contribution in [0.2, 0.25) is 0 Å². The monoisotopic (exact) mass is 395 g/mol. The molecule has 6 heteroatoms. The standard InChI is InChI=1S/C23H29N3O3/c1-16-12-24-20(17(2)22(16)28-3)14-25-10-11-29-21(15-25)23(27)26-9-8-18-6-4-5-7-19(18)13-26/h4-7,12,21H,8-11,13-15H2,1-3H3. The molecule has 0 spiro atoms. The molecule has 0 aliphatic carbocycles. The molecule has 6 nitrogen and oxygen atoms in total. The highest BCUT2D eigenvalue weighted by Crippen LogP contribution is 2.26. The van der Waals surface area contributed by atoms with Gasteiger partial charge in [0.1, 0.15) is 11.9 Å². The van der Waals surface area contributed by atoms with Crippen molar-refractivity contribution in [2.45, 2.75) is 39.5 Å². The number of aryl methyl sites for hydroxylation is 1. The molecular formula is C23H29N3O3. The number of fused-ring (bicyclic) bond motifs is 1. The Bertz CT molecular complexity index is 899. The second-order valence-corrected chi connectivity index (χ2v) is 7.92. The summed E-state index contributed by atoms with van der Waals surface area (Å²) in [6, 6.07) is 8.37. The fourth-order valence-corrected chi connectivity index (χ4v) is 4.33. The van der Waals surface area contributed by atoms with Crippen molar-refractivity contribution >= 4 is 5.91 Å². The first-order valence-corrected chi connectivity index (χ1v) is 10.3. The molecule has 0 bridgehead atoms. The first-order valence-electron chi connectivity index (χ1n) is 10.3. The molecule has 1 aromatic heterocycles. The van der Waals surface area contributed by atoms with Gasteiger partial charge in [0, 0.05) is 50.0 Å². The van der Waals surface area contributed by atoms with E-state index in [4.69, 9.17) is 9.47 Å². The van der Waals surface area contributed by atoms with Crippen LogP contribution in [0.25, 0.3) is 0 Å². The Morgan fingerprint density at radius 1 is 1.24 bits per heavy atom. The number of aromatic nitrogens is 1. The predicted octanol–water partition coefficient (Wildman–Crippen LogP) is 2.49. The maximum absolute atomic E-state index is 13.1. The number of morpholine rings is 1.